The van der Waals surface area contributed by atoms with Crippen molar-refractivity contribution in [3.05, 3.63) is 40.8 Å². The van der Waals surface area contributed by atoms with Crippen LogP contribution < -0.4 is 0 Å². The van der Waals surface area contributed by atoms with Gasteiger partial charge in [0.25, 0.3) is 0 Å². The van der Waals surface area contributed by atoms with Crippen LogP contribution in [0, 0.1) is 0 Å². The number of benzene rings is 1. The average molecular weight is 268 g/mol. The van der Waals surface area contributed by atoms with Gasteiger partial charge in [0, 0.05) is 4.88 Å². The van der Waals surface area contributed by atoms with Crippen molar-refractivity contribution in [2.45, 2.75) is 32.1 Å². The van der Waals surface area contributed by atoms with Crippen LogP contribution in [0.5, 0.6) is 0 Å². The van der Waals surface area contributed by atoms with E-state index in [0.29, 0.717) is 0 Å². The van der Waals surface area contributed by atoms with E-state index in [2.05, 4.69) is 23.2 Å². The summed E-state index contributed by atoms with van der Waals surface area (Å²) >= 11 is 1.92. The molecule has 0 spiro atoms. The van der Waals surface area contributed by atoms with Crippen LogP contribution in [0.1, 0.15) is 29.7 Å². The summed E-state index contributed by atoms with van der Waals surface area (Å²) in [7, 11) is 0. The van der Waals surface area contributed by atoms with E-state index in [0.717, 1.165) is 16.9 Å². The van der Waals surface area contributed by atoms with E-state index in [-0.39, 0.29) is 0 Å². The predicted molar refractivity (Wildman–Crippen MR) is 80.7 cm³/mol. The lowest BCUT2D eigenvalue weighted by atomic mass is 10.1. The van der Waals surface area contributed by atoms with Gasteiger partial charge in [-0.15, -0.1) is 11.3 Å². The van der Waals surface area contributed by atoms with E-state index in [1.165, 1.54) is 37.0 Å². The molecule has 2 nitrogen and oxygen atoms in total. The molecule has 96 valence electrons. The lowest BCUT2D eigenvalue weighted by Gasteiger charge is -1.92. The first kappa shape index (κ1) is 11.2. The number of aryl methyl sites for hydroxylation is 2. The number of aromatic amines is 1. The van der Waals surface area contributed by atoms with E-state index < -0.39 is 0 Å². The Bertz CT molecular complexity index is 667. The summed E-state index contributed by atoms with van der Waals surface area (Å²) in [5.41, 5.74) is 3.74. The number of aromatic nitrogens is 2. The lowest BCUT2D eigenvalue weighted by molar-refractivity contribution is 0.713. The fourth-order valence-electron chi connectivity index (χ4n) is 2.85. The highest BCUT2D eigenvalue weighted by Gasteiger charge is 2.15. The number of hydrogen-bond donors (Lipinski definition) is 1. The first-order valence-corrected chi connectivity index (χ1v) is 7.78. The second kappa shape index (κ2) is 4.49. The highest BCUT2D eigenvalue weighted by molar-refractivity contribution is 7.15. The first-order chi connectivity index (χ1) is 9.40. The Labute approximate surface area is 116 Å². The molecule has 0 fully saturated rings. The zero-order valence-corrected chi connectivity index (χ0v) is 11.6. The van der Waals surface area contributed by atoms with Gasteiger partial charge < -0.3 is 4.98 Å². The number of fused-ring (bicyclic) bond motifs is 2. The molecule has 0 saturated heterocycles. The van der Waals surface area contributed by atoms with Gasteiger partial charge in [-0.25, -0.2) is 4.98 Å². The van der Waals surface area contributed by atoms with Gasteiger partial charge in [-0.1, -0.05) is 18.6 Å². The molecule has 1 N–H and O–H groups in total. The monoisotopic (exact) mass is 268 g/mol. The summed E-state index contributed by atoms with van der Waals surface area (Å²) in [6, 6.07) is 10.6. The third-order valence-electron chi connectivity index (χ3n) is 3.87. The number of nitrogens with zero attached hydrogens (tertiary/aromatic N) is 1. The van der Waals surface area contributed by atoms with Gasteiger partial charge in [-0.05, 0) is 49.4 Å². The normalized spacial score (nSPS) is 15.4. The van der Waals surface area contributed by atoms with Crippen molar-refractivity contribution >= 4 is 22.4 Å². The maximum Gasteiger partial charge on any atom is 0.148 e. The van der Waals surface area contributed by atoms with E-state index >= 15 is 0 Å². The van der Waals surface area contributed by atoms with Crippen LogP contribution in [0.15, 0.2) is 30.3 Å². The fourth-order valence-corrected chi connectivity index (χ4v) is 4.05. The summed E-state index contributed by atoms with van der Waals surface area (Å²) < 4.78 is 0. The number of nitrogens with one attached hydrogen (secondary N) is 1. The quantitative estimate of drug-likeness (QED) is 0.644. The molecule has 4 rings (SSSR count). The van der Waals surface area contributed by atoms with Gasteiger partial charge in [0.05, 0.1) is 15.9 Å². The molecular weight excluding hydrogens is 252 g/mol. The average Bonchev–Trinajstić information content (AvgIpc) is 2.97. The molecule has 1 aliphatic rings. The highest BCUT2D eigenvalue weighted by atomic mass is 32.1. The Morgan fingerprint density at radius 1 is 1.05 bits per heavy atom. The molecule has 0 radical (unpaired) electrons. The van der Waals surface area contributed by atoms with E-state index in [1.807, 2.05) is 23.5 Å². The summed E-state index contributed by atoms with van der Waals surface area (Å²) in [6.45, 7) is 0. The van der Waals surface area contributed by atoms with Crippen molar-refractivity contribution < 1.29 is 0 Å². The number of thiophene rings is 1. The molecule has 0 aliphatic heterocycles. The molecule has 0 saturated carbocycles. The molecule has 0 atom stereocenters. The molecule has 2 aromatic heterocycles. The van der Waals surface area contributed by atoms with Gasteiger partial charge in [0.1, 0.15) is 5.82 Å². The van der Waals surface area contributed by atoms with Gasteiger partial charge in [-0.2, -0.15) is 0 Å². The van der Waals surface area contributed by atoms with Gasteiger partial charge in [0.15, 0.2) is 0 Å². The van der Waals surface area contributed by atoms with Crippen molar-refractivity contribution in [3.8, 4) is 10.7 Å². The zero-order chi connectivity index (χ0) is 12.7. The second-order valence-electron chi connectivity index (χ2n) is 5.22. The van der Waals surface area contributed by atoms with Crippen molar-refractivity contribution in [1.82, 2.24) is 9.97 Å². The molecule has 3 heteroatoms. The fraction of sp³-hybridized carbons (Fsp3) is 0.312. The van der Waals surface area contributed by atoms with E-state index in [1.54, 1.807) is 10.4 Å². The van der Waals surface area contributed by atoms with Crippen molar-refractivity contribution in [3.63, 3.8) is 0 Å². The molecule has 19 heavy (non-hydrogen) atoms. The molecule has 2 heterocycles. The smallest absolute Gasteiger partial charge is 0.148 e. The second-order valence-corrected chi connectivity index (χ2v) is 6.36. The van der Waals surface area contributed by atoms with Crippen LogP contribution in [0.25, 0.3) is 21.7 Å². The van der Waals surface area contributed by atoms with Crippen molar-refractivity contribution in [2.24, 2.45) is 0 Å². The number of H-pyrrole nitrogens is 1. The molecule has 0 bridgehead atoms. The van der Waals surface area contributed by atoms with E-state index in [4.69, 9.17) is 4.98 Å². The van der Waals surface area contributed by atoms with Crippen LogP contribution >= 0.6 is 11.3 Å². The molecule has 1 aliphatic carbocycles. The molecule has 1 aromatic carbocycles. The zero-order valence-electron chi connectivity index (χ0n) is 10.8. The van der Waals surface area contributed by atoms with Gasteiger partial charge in [0.2, 0.25) is 0 Å². The number of rotatable bonds is 1. The maximum atomic E-state index is 4.70. The Morgan fingerprint density at radius 2 is 1.95 bits per heavy atom. The summed E-state index contributed by atoms with van der Waals surface area (Å²) in [4.78, 5) is 11.0. The maximum absolute atomic E-state index is 4.70. The molecule has 0 amide bonds. The van der Waals surface area contributed by atoms with Crippen LogP contribution in [-0.2, 0) is 12.8 Å². The standard InChI is InChI=1S/C16H16N2S/c1-2-6-11-10-15(19-14(11)9-3-1)16-17-12-7-4-5-8-13(12)18-16/h4-5,7-8,10H,1-3,6,9H2,(H,17,18). The number of hydrogen-bond acceptors (Lipinski definition) is 2. The Balaban J connectivity index is 1.79. The van der Waals surface area contributed by atoms with Crippen LogP contribution in [0.3, 0.4) is 0 Å². The topological polar surface area (TPSA) is 28.7 Å². The molecule has 0 unspecified atom stereocenters. The minimum absolute atomic E-state index is 1.03. The van der Waals surface area contributed by atoms with Crippen LogP contribution in [-0.4, -0.2) is 9.97 Å². The third kappa shape index (κ3) is 1.98. The third-order valence-corrected chi connectivity index (χ3v) is 5.11. The van der Waals surface area contributed by atoms with Gasteiger partial charge >= 0.3 is 0 Å². The SMILES string of the molecule is c1ccc2[nH]c(-c3cc4c(s3)CCCCC4)nc2c1. The lowest BCUT2D eigenvalue weighted by Crippen LogP contribution is -1.81. The minimum Gasteiger partial charge on any atom is -0.337 e. The Kier molecular flexibility index (Phi) is 2.66. The number of imidazole rings is 1. The highest BCUT2D eigenvalue weighted by Crippen LogP contribution is 2.34. The van der Waals surface area contributed by atoms with Crippen molar-refractivity contribution in [1.29, 1.82) is 0 Å². The first-order valence-electron chi connectivity index (χ1n) is 6.97. The summed E-state index contributed by atoms with van der Waals surface area (Å²) in [5, 5.41) is 0. The van der Waals surface area contributed by atoms with Crippen LogP contribution in [0.2, 0.25) is 0 Å². The van der Waals surface area contributed by atoms with Crippen LogP contribution in [0.4, 0.5) is 0 Å². The molecule has 3 aromatic rings. The minimum atomic E-state index is 1.03. The summed E-state index contributed by atoms with van der Waals surface area (Å²) in [6.07, 6.45) is 6.55. The molecular formula is C16H16N2S. The summed E-state index contributed by atoms with van der Waals surface area (Å²) in [5.74, 6) is 1.03. The van der Waals surface area contributed by atoms with Gasteiger partial charge in [-0.3, -0.25) is 0 Å². The van der Waals surface area contributed by atoms with E-state index in [9.17, 15) is 0 Å². The number of para-hydroxylation sites is 2. The largest absolute Gasteiger partial charge is 0.337 e. The Morgan fingerprint density at radius 3 is 2.89 bits per heavy atom. The Hall–Kier alpha value is -1.61. The predicted octanol–water partition coefficient (Wildman–Crippen LogP) is 4.56. The van der Waals surface area contributed by atoms with Crippen molar-refractivity contribution in [2.75, 3.05) is 0 Å².